The zero-order chi connectivity index (χ0) is 29.5. The third-order valence-electron chi connectivity index (χ3n) is 8.50. The second-order valence-electron chi connectivity index (χ2n) is 11.1. The van der Waals surface area contributed by atoms with E-state index in [2.05, 4.69) is 184 Å². The highest BCUT2D eigenvalue weighted by molar-refractivity contribution is 9.10. The first-order valence-electron chi connectivity index (χ1n) is 14.9. The van der Waals surface area contributed by atoms with Crippen molar-refractivity contribution in [2.75, 3.05) is 0 Å². The first-order chi connectivity index (χ1) is 21.7. The molecule has 0 fully saturated rings. The van der Waals surface area contributed by atoms with Crippen molar-refractivity contribution >= 4 is 37.7 Å². The highest BCUT2D eigenvalue weighted by Crippen LogP contribution is 2.38. The average Bonchev–Trinajstić information content (AvgIpc) is 3.43. The summed E-state index contributed by atoms with van der Waals surface area (Å²) in [6, 6.07) is 61.1. The van der Waals surface area contributed by atoms with Gasteiger partial charge >= 0.3 is 0 Å². The number of aromatic nitrogens is 1. The van der Waals surface area contributed by atoms with Crippen molar-refractivity contribution in [3.63, 3.8) is 0 Å². The summed E-state index contributed by atoms with van der Waals surface area (Å²) in [6.45, 7) is 0. The Morgan fingerprint density at radius 3 is 1.70 bits per heavy atom. The zero-order valence-corrected chi connectivity index (χ0v) is 25.6. The van der Waals surface area contributed by atoms with E-state index in [1.165, 1.54) is 66.3 Å². The Morgan fingerprint density at radius 1 is 0.341 bits per heavy atom. The van der Waals surface area contributed by atoms with E-state index in [1.54, 1.807) is 0 Å². The number of rotatable bonds is 5. The molecule has 0 saturated carbocycles. The van der Waals surface area contributed by atoms with Crippen LogP contribution in [0.25, 0.3) is 72.0 Å². The quantitative estimate of drug-likeness (QED) is 0.179. The van der Waals surface area contributed by atoms with Crippen LogP contribution in [-0.2, 0) is 0 Å². The summed E-state index contributed by atoms with van der Waals surface area (Å²) in [5.41, 5.74) is 13.2. The number of halogens is 1. The molecule has 1 nitrogen and oxygen atoms in total. The SMILES string of the molecule is Brc1ccccc1-c1ccc(-c2ccc3c4ccccc4n(-c4cccc(-c5ccccc5-c5ccccc5)c4)c3c2)cc1. The molecular weight excluding hydrogens is 598 g/mol. The normalized spacial score (nSPS) is 11.3. The number of para-hydroxylation sites is 1. The van der Waals surface area contributed by atoms with Crippen LogP contribution in [0, 0.1) is 0 Å². The Hall–Kier alpha value is -5.18. The molecule has 0 spiro atoms. The van der Waals surface area contributed by atoms with Crippen molar-refractivity contribution in [1.29, 1.82) is 0 Å². The maximum Gasteiger partial charge on any atom is 0.0547 e. The smallest absolute Gasteiger partial charge is 0.0547 e. The van der Waals surface area contributed by atoms with Gasteiger partial charge in [-0.15, -0.1) is 0 Å². The van der Waals surface area contributed by atoms with Crippen LogP contribution >= 0.6 is 15.9 Å². The van der Waals surface area contributed by atoms with E-state index >= 15 is 0 Å². The number of hydrogen-bond acceptors (Lipinski definition) is 0. The largest absolute Gasteiger partial charge is 0.309 e. The number of benzene rings is 7. The molecule has 0 aliphatic heterocycles. The predicted molar refractivity (Wildman–Crippen MR) is 190 cm³/mol. The fraction of sp³-hybridized carbons (Fsp3) is 0. The molecule has 8 rings (SSSR count). The standard InChI is InChI=1S/C42H28BrN/c43-40-19-8-6-17-37(40)31-23-21-29(22-24-31)32-25-26-39-38-18-7-9-20-41(38)44(42(39)28-32)34-14-10-13-33(27-34)36-16-5-4-15-35(36)30-11-2-1-3-12-30/h1-28H. The van der Waals surface area contributed by atoms with Gasteiger partial charge in [-0.1, -0.05) is 155 Å². The molecule has 8 aromatic rings. The minimum absolute atomic E-state index is 1.10. The Bertz CT molecular complexity index is 2280. The van der Waals surface area contributed by atoms with Crippen LogP contribution < -0.4 is 0 Å². The lowest BCUT2D eigenvalue weighted by Crippen LogP contribution is -1.95. The second kappa shape index (κ2) is 11.1. The molecule has 0 radical (unpaired) electrons. The third kappa shape index (κ3) is 4.65. The second-order valence-corrected chi connectivity index (χ2v) is 12.0. The summed E-state index contributed by atoms with van der Waals surface area (Å²) >= 11 is 3.70. The number of fused-ring (bicyclic) bond motifs is 3. The summed E-state index contributed by atoms with van der Waals surface area (Å²) in [4.78, 5) is 0. The first kappa shape index (κ1) is 26.4. The molecule has 0 aliphatic carbocycles. The van der Waals surface area contributed by atoms with Gasteiger partial charge in [0.1, 0.15) is 0 Å². The molecule has 0 bridgehead atoms. The van der Waals surface area contributed by atoms with Gasteiger partial charge in [0, 0.05) is 20.9 Å². The summed E-state index contributed by atoms with van der Waals surface area (Å²) in [5.74, 6) is 0. The van der Waals surface area contributed by atoms with E-state index in [0.717, 1.165) is 10.2 Å². The van der Waals surface area contributed by atoms with E-state index in [0.29, 0.717) is 0 Å². The van der Waals surface area contributed by atoms with E-state index in [4.69, 9.17) is 0 Å². The summed E-state index contributed by atoms with van der Waals surface area (Å²) in [5, 5.41) is 2.51. The van der Waals surface area contributed by atoms with Crippen LogP contribution in [0.4, 0.5) is 0 Å². The molecule has 0 amide bonds. The molecule has 0 saturated heterocycles. The zero-order valence-electron chi connectivity index (χ0n) is 24.0. The van der Waals surface area contributed by atoms with Gasteiger partial charge in [-0.25, -0.2) is 0 Å². The van der Waals surface area contributed by atoms with Gasteiger partial charge in [-0.05, 0) is 74.8 Å². The fourth-order valence-corrected chi connectivity index (χ4v) is 6.90. The molecular formula is C42H28BrN. The molecule has 44 heavy (non-hydrogen) atoms. The van der Waals surface area contributed by atoms with Gasteiger partial charge in [0.05, 0.1) is 11.0 Å². The fourth-order valence-electron chi connectivity index (χ4n) is 6.38. The highest BCUT2D eigenvalue weighted by atomic mass is 79.9. The molecule has 0 unspecified atom stereocenters. The van der Waals surface area contributed by atoms with Gasteiger partial charge < -0.3 is 4.57 Å². The summed E-state index contributed by atoms with van der Waals surface area (Å²) in [6.07, 6.45) is 0. The topological polar surface area (TPSA) is 4.93 Å². The van der Waals surface area contributed by atoms with E-state index in [1.807, 2.05) is 6.07 Å². The number of nitrogens with zero attached hydrogens (tertiary/aromatic N) is 1. The average molecular weight is 627 g/mol. The lowest BCUT2D eigenvalue weighted by atomic mass is 9.94. The van der Waals surface area contributed by atoms with Crippen molar-refractivity contribution < 1.29 is 0 Å². The van der Waals surface area contributed by atoms with Crippen molar-refractivity contribution in [3.8, 4) is 50.2 Å². The lowest BCUT2D eigenvalue weighted by Gasteiger charge is -2.14. The maximum absolute atomic E-state index is 3.70. The van der Waals surface area contributed by atoms with Crippen molar-refractivity contribution in [2.24, 2.45) is 0 Å². The van der Waals surface area contributed by atoms with E-state index in [-0.39, 0.29) is 0 Å². The predicted octanol–water partition coefficient (Wildman–Crippen LogP) is 12.2. The minimum atomic E-state index is 1.10. The van der Waals surface area contributed by atoms with Crippen molar-refractivity contribution in [3.05, 3.63) is 174 Å². The molecule has 7 aromatic carbocycles. The van der Waals surface area contributed by atoms with Crippen molar-refractivity contribution in [2.45, 2.75) is 0 Å². The third-order valence-corrected chi connectivity index (χ3v) is 9.20. The summed E-state index contributed by atoms with van der Waals surface area (Å²) < 4.78 is 3.52. The van der Waals surface area contributed by atoms with Crippen LogP contribution in [0.3, 0.4) is 0 Å². The Kier molecular flexibility index (Phi) is 6.70. The van der Waals surface area contributed by atoms with E-state index < -0.39 is 0 Å². The molecule has 208 valence electrons. The lowest BCUT2D eigenvalue weighted by molar-refractivity contribution is 1.18. The van der Waals surface area contributed by atoms with Crippen molar-refractivity contribution in [1.82, 2.24) is 4.57 Å². The van der Waals surface area contributed by atoms with Crippen LogP contribution in [0.5, 0.6) is 0 Å². The van der Waals surface area contributed by atoms with Gasteiger partial charge in [-0.3, -0.25) is 0 Å². The number of hydrogen-bond donors (Lipinski definition) is 0. The Balaban J connectivity index is 1.27. The molecule has 0 aliphatic rings. The maximum atomic E-state index is 3.70. The highest BCUT2D eigenvalue weighted by Gasteiger charge is 2.15. The molecule has 0 atom stereocenters. The first-order valence-corrected chi connectivity index (χ1v) is 15.7. The van der Waals surface area contributed by atoms with Gasteiger partial charge in [0.25, 0.3) is 0 Å². The summed E-state index contributed by atoms with van der Waals surface area (Å²) in [7, 11) is 0. The molecule has 1 heterocycles. The van der Waals surface area contributed by atoms with Gasteiger partial charge in [0.15, 0.2) is 0 Å². The Morgan fingerprint density at radius 2 is 0.909 bits per heavy atom. The monoisotopic (exact) mass is 625 g/mol. The van der Waals surface area contributed by atoms with Crippen LogP contribution in [0.15, 0.2) is 174 Å². The van der Waals surface area contributed by atoms with E-state index in [9.17, 15) is 0 Å². The van der Waals surface area contributed by atoms with Gasteiger partial charge in [-0.2, -0.15) is 0 Å². The van der Waals surface area contributed by atoms with Gasteiger partial charge in [0.2, 0.25) is 0 Å². The van der Waals surface area contributed by atoms with Crippen LogP contribution in [0.2, 0.25) is 0 Å². The Labute approximate surface area is 265 Å². The van der Waals surface area contributed by atoms with Crippen LogP contribution in [0.1, 0.15) is 0 Å². The molecule has 0 N–H and O–H groups in total. The molecule has 1 aromatic heterocycles. The minimum Gasteiger partial charge on any atom is -0.309 e. The van der Waals surface area contributed by atoms with Crippen LogP contribution in [-0.4, -0.2) is 4.57 Å². The molecule has 2 heteroatoms.